The Bertz CT molecular complexity index is 328. The van der Waals surface area contributed by atoms with Crippen LogP contribution < -0.4 is 5.32 Å². The smallest absolute Gasteiger partial charge is 0.145 e. The van der Waals surface area contributed by atoms with Crippen molar-refractivity contribution in [3.8, 4) is 0 Å². The topological polar surface area (TPSA) is 68.1 Å². The van der Waals surface area contributed by atoms with Crippen molar-refractivity contribution in [2.45, 2.75) is 0 Å². The molecule has 5 nitrogen and oxygen atoms in total. The first-order valence-electron chi connectivity index (χ1n) is 3.38. The molecule has 2 aliphatic heterocycles. The van der Waals surface area contributed by atoms with E-state index in [1.807, 2.05) is 0 Å². The lowest BCUT2D eigenvalue weighted by atomic mass is 10.1. The molecule has 0 aromatic rings. The van der Waals surface area contributed by atoms with Crippen LogP contribution in [0.4, 0.5) is 0 Å². The predicted molar refractivity (Wildman–Crippen MR) is 42.1 cm³/mol. The normalized spacial score (nSPS) is 20.4. The maximum atomic E-state index is 9.29. The zero-order chi connectivity index (χ0) is 8.55. The van der Waals surface area contributed by atoms with Crippen molar-refractivity contribution in [2.24, 2.45) is 5.10 Å². The van der Waals surface area contributed by atoms with E-state index in [2.05, 4.69) is 10.4 Å². The molecular formula is C7H7N3O2. The largest absolute Gasteiger partial charge is 0.506 e. The number of hydroxylamine groups is 1. The van der Waals surface area contributed by atoms with Crippen LogP contribution >= 0.6 is 0 Å². The molecular weight excluding hydrogens is 158 g/mol. The van der Waals surface area contributed by atoms with E-state index in [-0.39, 0.29) is 5.76 Å². The van der Waals surface area contributed by atoms with Crippen LogP contribution in [0.2, 0.25) is 0 Å². The van der Waals surface area contributed by atoms with E-state index in [9.17, 15) is 10.3 Å². The second-order valence-corrected chi connectivity index (χ2v) is 2.36. The van der Waals surface area contributed by atoms with E-state index in [0.717, 1.165) is 0 Å². The van der Waals surface area contributed by atoms with Crippen LogP contribution in [-0.2, 0) is 0 Å². The average molecular weight is 165 g/mol. The third kappa shape index (κ3) is 0.876. The van der Waals surface area contributed by atoms with Crippen LogP contribution in [0.5, 0.6) is 0 Å². The first-order valence-corrected chi connectivity index (χ1v) is 3.38. The Labute approximate surface area is 68.6 Å². The maximum Gasteiger partial charge on any atom is 0.145 e. The van der Waals surface area contributed by atoms with Gasteiger partial charge in [0, 0.05) is 18.0 Å². The number of dihydropyridines is 1. The summed E-state index contributed by atoms with van der Waals surface area (Å²) in [6.45, 7) is 0. The van der Waals surface area contributed by atoms with E-state index < -0.39 is 0 Å². The van der Waals surface area contributed by atoms with Crippen LogP contribution in [0, 0.1) is 0 Å². The molecule has 0 aromatic heterocycles. The number of rotatable bonds is 0. The van der Waals surface area contributed by atoms with Crippen molar-refractivity contribution in [1.29, 1.82) is 0 Å². The van der Waals surface area contributed by atoms with Crippen molar-refractivity contribution in [2.75, 3.05) is 0 Å². The van der Waals surface area contributed by atoms with Gasteiger partial charge in [-0.05, 0) is 6.08 Å². The standard InChI is InChI=1S/C7H7N3O2/c11-7-4-9-10(12)6-3-8-2-1-5(6)7/h1-4,8,11-12H. The number of aliphatic hydroxyl groups is 1. The summed E-state index contributed by atoms with van der Waals surface area (Å²) in [5.41, 5.74) is 0.976. The number of allylic oxidation sites excluding steroid dienone is 2. The second-order valence-electron chi connectivity index (χ2n) is 2.36. The van der Waals surface area contributed by atoms with Crippen LogP contribution in [0.3, 0.4) is 0 Å². The van der Waals surface area contributed by atoms with Gasteiger partial charge in [0.1, 0.15) is 11.5 Å². The van der Waals surface area contributed by atoms with Gasteiger partial charge in [-0.1, -0.05) is 0 Å². The summed E-state index contributed by atoms with van der Waals surface area (Å²) in [5.74, 6) is 0.0456. The van der Waals surface area contributed by atoms with Crippen LogP contribution in [0.25, 0.3) is 0 Å². The highest BCUT2D eigenvalue weighted by molar-refractivity contribution is 5.80. The van der Waals surface area contributed by atoms with Gasteiger partial charge in [0.05, 0.1) is 6.21 Å². The first-order chi connectivity index (χ1) is 5.79. The summed E-state index contributed by atoms with van der Waals surface area (Å²) >= 11 is 0. The minimum Gasteiger partial charge on any atom is -0.506 e. The van der Waals surface area contributed by atoms with E-state index in [4.69, 9.17) is 0 Å². The fraction of sp³-hybridized carbons (Fsp3) is 0. The molecule has 62 valence electrons. The van der Waals surface area contributed by atoms with Crippen molar-refractivity contribution >= 4 is 6.21 Å². The lowest BCUT2D eigenvalue weighted by Gasteiger charge is -2.21. The Morgan fingerprint density at radius 2 is 2.33 bits per heavy atom. The molecule has 5 heteroatoms. The number of fused-ring (bicyclic) bond motifs is 1. The van der Waals surface area contributed by atoms with Crippen molar-refractivity contribution in [1.82, 2.24) is 10.5 Å². The molecule has 3 N–H and O–H groups in total. The van der Waals surface area contributed by atoms with Crippen LogP contribution in [-0.4, -0.2) is 21.7 Å². The Morgan fingerprint density at radius 3 is 3.08 bits per heavy atom. The summed E-state index contributed by atoms with van der Waals surface area (Å²) in [4.78, 5) is 0. The van der Waals surface area contributed by atoms with E-state index >= 15 is 0 Å². The molecule has 0 saturated carbocycles. The van der Waals surface area contributed by atoms with Gasteiger partial charge < -0.3 is 10.4 Å². The molecule has 0 atom stereocenters. The molecule has 12 heavy (non-hydrogen) atoms. The molecule has 0 aliphatic carbocycles. The summed E-state index contributed by atoms with van der Waals surface area (Å²) in [6, 6.07) is 0. The molecule has 0 radical (unpaired) electrons. The molecule has 2 rings (SSSR count). The highest BCUT2D eigenvalue weighted by Gasteiger charge is 2.19. The number of hydrogen-bond acceptors (Lipinski definition) is 5. The highest BCUT2D eigenvalue weighted by atomic mass is 16.5. The molecule has 2 heterocycles. The van der Waals surface area contributed by atoms with E-state index in [0.29, 0.717) is 16.4 Å². The number of aliphatic hydroxyl groups excluding tert-OH is 1. The predicted octanol–water partition coefficient (Wildman–Crippen LogP) is 0.447. The van der Waals surface area contributed by atoms with Gasteiger partial charge in [-0.15, -0.1) is 5.17 Å². The summed E-state index contributed by atoms with van der Waals surface area (Å²) < 4.78 is 0. The van der Waals surface area contributed by atoms with Crippen molar-refractivity contribution in [3.05, 3.63) is 35.5 Å². The van der Waals surface area contributed by atoms with E-state index in [1.54, 1.807) is 18.5 Å². The molecule has 0 spiro atoms. The van der Waals surface area contributed by atoms with Crippen molar-refractivity contribution < 1.29 is 10.3 Å². The minimum atomic E-state index is 0.0456. The monoisotopic (exact) mass is 165 g/mol. The Morgan fingerprint density at radius 1 is 1.50 bits per heavy atom. The minimum absolute atomic E-state index is 0.0456. The summed E-state index contributed by atoms with van der Waals surface area (Å²) in [6.07, 6.45) is 6.03. The third-order valence-electron chi connectivity index (χ3n) is 1.62. The zero-order valence-corrected chi connectivity index (χ0v) is 6.10. The fourth-order valence-electron chi connectivity index (χ4n) is 1.04. The fourth-order valence-corrected chi connectivity index (χ4v) is 1.04. The van der Waals surface area contributed by atoms with Gasteiger partial charge >= 0.3 is 0 Å². The first kappa shape index (κ1) is 6.93. The number of nitrogens with zero attached hydrogens (tertiary/aromatic N) is 2. The van der Waals surface area contributed by atoms with E-state index in [1.165, 1.54) is 6.21 Å². The molecule has 0 unspecified atom stereocenters. The summed E-state index contributed by atoms with van der Waals surface area (Å²) in [7, 11) is 0. The van der Waals surface area contributed by atoms with Gasteiger partial charge in [0.15, 0.2) is 0 Å². The van der Waals surface area contributed by atoms with Gasteiger partial charge in [-0.25, -0.2) is 0 Å². The average Bonchev–Trinajstić information content (AvgIpc) is 2.12. The Balaban J connectivity index is 2.49. The molecule has 0 saturated heterocycles. The molecule has 2 aliphatic rings. The quantitative estimate of drug-likeness (QED) is 0.487. The van der Waals surface area contributed by atoms with Crippen LogP contribution in [0.1, 0.15) is 0 Å². The third-order valence-corrected chi connectivity index (χ3v) is 1.62. The Kier molecular flexibility index (Phi) is 1.38. The van der Waals surface area contributed by atoms with Gasteiger partial charge in [0.25, 0.3) is 0 Å². The molecule has 0 aromatic carbocycles. The maximum absolute atomic E-state index is 9.29. The van der Waals surface area contributed by atoms with Gasteiger partial charge in [-0.3, -0.25) is 5.21 Å². The number of hydrazone groups is 1. The number of nitrogens with one attached hydrogen (secondary N) is 1. The molecule has 0 fully saturated rings. The molecule has 0 bridgehead atoms. The van der Waals surface area contributed by atoms with Gasteiger partial charge in [-0.2, -0.15) is 5.10 Å². The van der Waals surface area contributed by atoms with Crippen LogP contribution in [0.15, 0.2) is 40.6 Å². The Hall–Kier alpha value is -1.75. The highest BCUT2D eigenvalue weighted by Crippen LogP contribution is 2.22. The van der Waals surface area contributed by atoms with Crippen molar-refractivity contribution in [3.63, 3.8) is 0 Å². The molecule has 0 amide bonds. The second kappa shape index (κ2) is 2.38. The SMILES string of the molecule is OC1=C2C=CNC=C2N(O)N=C1. The summed E-state index contributed by atoms with van der Waals surface area (Å²) in [5, 5.41) is 25.4. The zero-order valence-electron chi connectivity index (χ0n) is 6.10. The lowest BCUT2D eigenvalue weighted by Crippen LogP contribution is -2.22. The number of hydrogen-bond donors (Lipinski definition) is 3. The lowest BCUT2D eigenvalue weighted by molar-refractivity contribution is -0.0522. The van der Waals surface area contributed by atoms with Gasteiger partial charge in [0.2, 0.25) is 0 Å².